The van der Waals surface area contributed by atoms with E-state index in [0.717, 1.165) is 43.0 Å². The SMILES string of the molecule is CCNC(=NCCS(=O)(=O)N1CCSCC1)N1CCC(C)CC1.I. The summed E-state index contributed by atoms with van der Waals surface area (Å²) in [4.78, 5) is 6.82. The van der Waals surface area contributed by atoms with Crippen LogP contribution in [0.2, 0.25) is 0 Å². The Bertz CT molecular complexity index is 488. The largest absolute Gasteiger partial charge is 0.357 e. The van der Waals surface area contributed by atoms with E-state index in [1.54, 1.807) is 4.31 Å². The molecule has 2 fully saturated rings. The summed E-state index contributed by atoms with van der Waals surface area (Å²) in [5.41, 5.74) is 0. The second-order valence-electron chi connectivity index (χ2n) is 6.23. The molecule has 0 bridgehead atoms. The molecular formula is C15H31IN4O2S2. The predicted octanol–water partition coefficient (Wildman–Crippen LogP) is 1.68. The topological polar surface area (TPSA) is 65.0 Å². The first-order valence-electron chi connectivity index (χ1n) is 8.61. The van der Waals surface area contributed by atoms with Gasteiger partial charge in [-0.2, -0.15) is 11.8 Å². The Morgan fingerprint density at radius 3 is 2.42 bits per heavy atom. The zero-order chi connectivity index (χ0) is 16.7. The summed E-state index contributed by atoms with van der Waals surface area (Å²) in [6.45, 7) is 8.75. The molecule has 2 aliphatic rings. The molecule has 1 N–H and O–H groups in total. The standard InChI is InChI=1S/C15H30N4O2S2.HI/c1-3-16-15(18-7-4-14(2)5-8-18)17-6-13-23(20,21)19-9-11-22-12-10-19;/h14H,3-13H2,1-2H3,(H,16,17);1H. The minimum Gasteiger partial charge on any atom is -0.357 e. The lowest BCUT2D eigenvalue weighted by molar-refractivity contribution is 0.273. The fraction of sp³-hybridized carbons (Fsp3) is 0.933. The van der Waals surface area contributed by atoms with Gasteiger partial charge < -0.3 is 10.2 Å². The summed E-state index contributed by atoms with van der Waals surface area (Å²) in [5.74, 6) is 3.54. The summed E-state index contributed by atoms with van der Waals surface area (Å²) in [7, 11) is -3.17. The minimum absolute atomic E-state index is 0. The van der Waals surface area contributed by atoms with Crippen LogP contribution in [-0.2, 0) is 10.0 Å². The molecular weight excluding hydrogens is 459 g/mol. The van der Waals surface area contributed by atoms with E-state index in [1.165, 1.54) is 12.8 Å². The van der Waals surface area contributed by atoms with Gasteiger partial charge in [0, 0.05) is 44.2 Å². The van der Waals surface area contributed by atoms with Gasteiger partial charge in [0.25, 0.3) is 0 Å². The van der Waals surface area contributed by atoms with E-state index < -0.39 is 10.0 Å². The second-order valence-corrected chi connectivity index (χ2v) is 9.55. The van der Waals surface area contributed by atoms with Crippen molar-refractivity contribution in [3.05, 3.63) is 0 Å². The zero-order valence-corrected chi connectivity index (χ0v) is 18.7. The molecule has 2 rings (SSSR count). The predicted molar refractivity (Wildman–Crippen MR) is 114 cm³/mol. The summed E-state index contributed by atoms with van der Waals surface area (Å²) in [5, 5.41) is 3.30. The fourth-order valence-corrected chi connectivity index (χ4v) is 5.32. The highest BCUT2D eigenvalue weighted by atomic mass is 127. The fourth-order valence-electron chi connectivity index (χ4n) is 2.87. The van der Waals surface area contributed by atoms with Gasteiger partial charge in [-0.1, -0.05) is 6.92 Å². The van der Waals surface area contributed by atoms with E-state index in [2.05, 4.69) is 22.1 Å². The summed E-state index contributed by atoms with van der Waals surface area (Å²) in [6, 6.07) is 0. The number of aliphatic imine (C=N–C) groups is 1. The van der Waals surface area contributed by atoms with Crippen molar-refractivity contribution in [3.8, 4) is 0 Å². The van der Waals surface area contributed by atoms with Crippen LogP contribution in [0.5, 0.6) is 0 Å². The molecule has 0 radical (unpaired) electrons. The van der Waals surface area contributed by atoms with Crippen LogP contribution < -0.4 is 5.32 Å². The van der Waals surface area contributed by atoms with Crippen molar-refractivity contribution >= 4 is 51.7 Å². The Morgan fingerprint density at radius 1 is 1.21 bits per heavy atom. The normalized spacial score (nSPS) is 21.4. The van der Waals surface area contributed by atoms with E-state index in [0.29, 0.717) is 19.6 Å². The molecule has 0 aromatic heterocycles. The first kappa shape index (κ1) is 22.3. The molecule has 0 aliphatic carbocycles. The number of guanidine groups is 1. The third kappa shape index (κ3) is 6.87. The smallest absolute Gasteiger partial charge is 0.215 e. The average Bonchev–Trinajstić information content (AvgIpc) is 2.56. The van der Waals surface area contributed by atoms with Crippen molar-refractivity contribution in [2.24, 2.45) is 10.9 Å². The summed E-state index contributed by atoms with van der Waals surface area (Å²) in [6.07, 6.45) is 2.35. The molecule has 0 spiro atoms. The van der Waals surface area contributed by atoms with Gasteiger partial charge >= 0.3 is 0 Å². The van der Waals surface area contributed by atoms with Crippen molar-refractivity contribution in [2.45, 2.75) is 26.7 Å². The second kappa shape index (κ2) is 11.1. The number of halogens is 1. The quantitative estimate of drug-likeness (QED) is 0.361. The maximum Gasteiger partial charge on any atom is 0.215 e. The van der Waals surface area contributed by atoms with Crippen molar-refractivity contribution in [1.29, 1.82) is 0 Å². The van der Waals surface area contributed by atoms with Crippen LogP contribution in [0.25, 0.3) is 0 Å². The van der Waals surface area contributed by atoms with Crippen molar-refractivity contribution < 1.29 is 8.42 Å². The van der Waals surface area contributed by atoms with E-state index in [1.807, 2.05) is 18.7 Å². The Hall–Kier alpha value is 0.260. The highest BCUT2D eigenvalue weighted by Gasteiger charge is 2.24. The van der Waals surface area contributed by atoms with Gasteiger partial charge in [-0.25, -0.2) is 12.7 Å². The van der Waals surface area contributed by atoms with Crippen LogP contribution in [0.3, 0.4) is 0 Å². The van der Waals surface area contributed by atoms with Crippen LogP contribution in [0, 0.1) is 5.92 Å². The number of hydrogen-bond donors (Lipinski definition) is 1. The zero-order valence-electron chi connectivity index (χ0n) is 14.7. The molecule has 0 aromatic carbocycles. The first-order chi connectivity index (χ1) is 11.0. The molecule has 0 unspecified atom stereocenters. The van der Waals surface area contributed by atoms with E-state index in [9.17, 15) is 8.42 Å². The Labute approximate surface area is 168 Å². The summed E-state index contributed by atoms with van der Waals surface area (Å²) < 4.78 is 26.3. The minimum atomic E-state index is -3.17. The van der Waals surface area contributed by atoms with Gasteiger partial charge in [0.2, 0.25) is 10.0 Å². The third-order valence-electron chi connectivity index (χ3n) is 4.39. The molecule has 9 heteroatoms. The van der Waals surface area contributed by atoms with Gasteiger partial charge in [0.1, 0.15) is 0 Å². The van der Waals surface area contributed by atoms with Crippen LogP contribution >= 0.6 is 35.7 Å². The molecule has 0 saturated carbocycles. The maximum atomic E-state index is 12.4. The number of likely N-dealkylation sites (tertiary alicyclic amines) is 1. The van der Waals surface area contributed by atoms with E-state index in [4.69, 9.17) is 0 Å². The van der Waals surface area contributed by atoms with E-state index >= 15 is 0 Å². The Kier molecular flexibility index (Phi) is 10.3. The van der Waals surface area contributed by atoms with Gasteiger partial charge in [0.15, 0.2) is 5.96 Å². The number of sulfonamides is 1. The number of nitrogens with one attached hydrogen (secondary N) is 1. The molecule has 6 nitrogen and oxygen atoms in total. The van der Waals surface area contributed by atoms with E-state index in [-0.39, 0.29) is 29.7 Å². The number of thioether (sulfide) groups is 1. The third-order valence-corrected chi connectivity index (χ3v) is 7.19. The summed E-state index contributed by atoms with van der Waals surface area (Å²) >= 11 is 1.82. The van der Waals surface area contributed by atoms with Crippen LogP contribution in [-0.4, -0.2) is 80.1 Å². The molecule has 0 amide bonds. The monoisotopic (exact) mass is 490 g/mol. The van der Waals surface area contributed by atoms with Crippen molar-refractivity contribution in [2.75, 3.05) is 56.5 Å². The molecule has 2 aliphatic heterocycles. The van der Waals surface area contributed by atoms with Gasteiger partial charge in [-0.15, -0.1) is 24.0 Å². The number of piperidine rings is 1. The lowest BCUT2D eigenvalue weighted by atomic mass is 10.00. The molecule has 0 atom stereocenters. The highest BCUT2D eigenvalue weighted by Crippen LogP contribution is 2.16. The molecule has 2 saturated heterocycles. The molecule has 2 heterocycles. The Morgan fingerprint density at radius 2 is 1.83 bits per heavy atom. The lowest BCUT2D eigenvalue weighted by Crippen LogP contribution is -2.45. The van der Waals surface area contributed by atoms with Crippen LogP contribution in [0.4, 0.5) is 0 Å². The Balaban J connectivity index is 0.00000288. The molecule has 24 heavy (non-hydrogen) atoms. The maximum absolute atomic E-state index is 12.4. The number of hydrogen-bond acceptors (Lipinski definition) is 4. The van der Waals surface area contributed by atoms with Crippen molar-refractivity contribution in [3.63, 3.8) is 0 Å². The van der Waals surface area contributed by atoms with Gasteiger partial charge in [0.05, 0.1) is 12.3 Å². The first-order valence-corrected chi connectivity index (χ1v) is 11.4. The number of rotatable bonds is 5. The number of nitrogens with zero attached hydrogens (tertiary/aromatic N) is 3. The molecule has 142 valence electrons. The van der Waals surface area contributed by atoms with Crippen molar-refractivity contribution in [1.82, 2.24) is 14.5 Å². The van der Waals surface area contributed by atoms with Crippen LogP contribution in [0.1, 0.15) is 26.7 Å². The van der Waals surface area contributed by atoms with Crippen LogP contribution in [0.15, 0.2) is 4.99 Å². The van der Waals surface area contributed by atoms with Gasteiger partial charge in [-0.3, -0.25) is 4.99 Å². The van der Waals surface area contributed by atoms with Gasteiger partial charge in [-0.05, 0) is 25.7 Å². The molecule has 0 aromatic rings. The average molecular weight is 490 g/mol. The lowest BCUT2D eigenvalue weighted by Gasteiger charge is -2.33. The highest BCUT2D eigenvalue weighted by molar-refractivity contribution is 14.0.